The van der Waals surface area contributed by atoms with Crippen molar-refractivity contribution >= 4 is 27.3 Å². The van der Waals surface area contributed by atoms with Gasteiger partial charge in [0.05, 0.1) is 9.82 Å². The summed E-state index contributed by atoms with van der Waals surface area (Å²) >= 11 is 5.57. The summed E-state index contributed by atoms with van der Waals surface area (Å²) in [6.07, 6.45) is 1.36. The fourth-order valence-corrected chi connectivity index (χ4v) is 2.26. The molecule has 0 spiro atoms. The fourth-order valence-electron chi connectivity index (χ4n) is 1.05. The molecule has 0 amide bonds. The van der Waals surface area contributed by atoms with E-state index in [9.17, 15) is 18.5 Å². The molecule has 1 aromatic rings. The third-order valence-corrected chi connectivity index (χ3v) is 3.58. The first-order valence-corrected chi connectivity index (χ1v) is 6.29. The molecular weight excluding hydrogens is 268 g/mol. The molecule has 17 heavy (non-hydrogen) atoms. The molecule has 0 unspecified atom stereocenters. The van der Waals surface area contributed by atoms with Gasteiger partial charge in [-0.25, -0.2) is 13.1 Å². The van der Waals surface area contributed by atoms with Gasteiger partial charge in [-0.15, -0.1) is 6.58 Å². The maximum Gasteiger partial charge on any atom is 0.289 e. The second-order valence-electron chi connectivity index (χ2n) is 3.01. The number of rotatable bonds is 5. The molecule has 0 aromatic heterocycles. The van der Waals surface area contributed by atoms with Crippen LogP contribution >= 0.6 is 11.6 Å². The van der Waals surface area contributed by atoms with Gasteiger partial charge in [0.2, 0.25) is 10.0 Å². The Bertz CT molecular complexity index is 556. The van der Waals surface area contributed by atoms with Crippen molar-refractivity contribution in [1.29, 1.82) is 0 Å². The lowest BCUT2D eigenvalue weighted by atomic mass is 10.3. The van der Waals surface area contributed by atoms with Gasteiger partial charge < -0.3 is 0 Å². The number of hydrogen-bond donors (Lipinski definition) is 1. The summed E-state index contributed by atoms with van der Waals surface area (Å²) in [5.74, 6) is 0. The molecule has 0 saturated carbocycles. The molecule has 0 atom stereocenters. The topological polar surface area (TPSA) is 89.3 Å². The van der Waals surface area contributed by atoms with Crippen LogP contribution < -0.4 is 4.72 Å². The van der Waals surface area contributed by atoms with E-state index in [0.717, 1.165) is 6.07 Å². The molecule has 1 rings (SSSR count). The van der Waals surface area contributed by atoms with E-state index < -0.39 is 20.6 Å². The molecule has 6 nitrogen and oxygen atoms in total. The molecule has 0 aliphatic rings. The zero-order valence-corrected chi connectivity index (χ0v) is 10.2. The quantitative estimate of drug-likeness (QED) is 0.504. The molecule has 0 bridgehead atoms. The molecule has 1 aromatic carbocycles. The Hall–Kier alpha value is -1.44. The number of nitro benzene ring substituents is 1. The summed E-state index contributed by atoms with van der Waals surface area (Å²) in [6, 6.07) is 3.27. The molecular formula is C9H9ClN2O4S. The molecule has 0 saturated heterocycles. The minimum Gasteiger partial charge on any atom is -0.258 e. The molecule has 0 fully saturated rings. The first-order chi connectivity index (χ1) is 7.88. The largest absolute Gasteiger partial charge is 0.289 e. The van der Waals surface area contributed by atoms with E-state index in [1.165, 1.54) is 18.2 Å². The highest BCUT2D eigenvalue weighted by Gasteiger charge is 2.19. The first kappa shape index (κ1) is 13.6. The van der Waals surface area contributed by atoms with Crippen molar-refractivity contribution < 1.29 is 13.3 Å². The van der Waals surface area contributed by atoms with Crippen LogP contribution in [0.25, 0.3) is 0 Å². The summed E-state index contributed by atoms with van der Waals surface area (Å²) in [7, 11) is -3.78. The van der Waals surface area contributed by atoms with Crippen molar-refractivity contribution in [2.24, 2.45) is 0 Å². The molecule has 8 heteroatoms. The van der Waals surface area contributed by atoms with Crippen LogP contribution in [0, 0.1) is 10.1 Å². The minimum atomic E-state index is -3.78. The molecule has 0 heterocycles. The lowest BCUT2D eigenvalue weighted by Gasteiger charge is -2.04. The summed E-state index contributed by atoms with van der Waals surface area (Å²) in [5.41, 5.74) is -0.451. The summed E-state index contributed by atoms with van der Waals surface area (Å²) in [6.45, 7) is 3.40. The Morgan fingerprint density at radius 3 is 2.71 bits per heavy atom. The van der Waals surface area contributed by atoms with E-state index in [1.54, 1.807) is 0 Å². The number of nitrogens with zero attached hydrogens (tertiary/aromatic N) is 1. The molecule has 92 valence electrons. The van der Waals surface area contributed by atoms with Crippen LogP contribution in [0.3, 0.4) is 0 Å². The van der Waals surface area contributed by atoms with Gasteiger partial charge in [0, 0.05) is 12.6 Å². The Labute approximate surface area is 103 Å². The number of halogens is 1. The third kappa shape index (κ3) is 3.26. The van der Waals surface area contributed by atoms with Crippen LogP contribution in [0.1, 0.15) is 0 Å². The van der Waals surface area contributed by atoms with E-state index in [0.29, 0.717) is 0 Å². The lowest BCUT2D eigenvalue weighted by molar-refractivity contribution is -0.384. The number of benzene rings is 1. The van der Waals surface area contributed by atoms with Crippen LogP contribution in [-0.2, 0) is 10.0 Å². The predicted molar refractivity (Wildman–Crippen MR) is 63.5 cm³/mol. The summed E-state index contributed by atoms with van der Waals surface area (Å²) in [4.78, 5) is 9.65. The van der Waals surface area contributed by atoms with Crippen LogP contribution in [0.15, 0.2) is 35.7 Å². The normalized spacial score (nSPS) is 11.1. The highest BCUT2D eigenvalue weighted by Crippen LogP contribution is 2.26. The van der Waals surface area contributed by atoms with Crippen molar-refractivity contribution in [2.75, 3.05) is 6.54 Å². The minimum absolute atomic E-state index is 0.0404. The second-order valence-corrected chi connectivity index (χ2v) is 5.19. The second kappa shape index (κ2) is 5.26. The highest BCUT2D eigenvalue weighted by atomic mass is 35.5. The van der Waals surface area contributed by atoms with Crippen LogP contribution in [0.2, 0.25) is 5.02 Å². The summed E-state index contributed by atoms with van der Waals surface area (Å²) < 4.78 is 25.5. The van der Waals surface area contributed by atoms with E-state index in [-0.39, 0.29) is 16.5 Å². The van der Waals surface area contributed by atoms with Crippen LogP contribution in [0.5, 0.6) is 0 Å². The average molecular weight is 277 g/mol. The van der Waals surface area contributed by atoms with Gasteiger partial charge in [-0.1, -0.05) is 17.7 Å². The number of hydrogen-bond acceptors (Lipinski definition) is 4. The van der Waals surface area contributed by atoms with Gasteiger partial charge in [-0.3, -0.25) is 10.1 Å². The van der Waals surface area contributed by atoms with Crippen LogP contribution in [0.4, 0.5) is 5.69 Å². The Kier molecular flexibility index (Phi) is 4.22. The van der Waals surface area contributed by atoms with Gasteiger partial charge in [-0.2, -0.15) is 0 Å². The number of nitro groups is 1. The van der Waals surface area contributed by atoms with Crippen molar-refractivity contribution in [3.63, 3.8) is 0 Å². The molecule has 0 aliphatic carbocycles. The van der Waals surface area contributed by atoms with E-state index in [4.69, 9.17) is 11.6 Å². The predicted octanol–water partition coefficient (Wildman–Crippen LogP) is 1.71. The number of nitrogens with one attached hydrogen (secondary N) is 1. The zero-order valence-electron chi connectivity index (χ0n) is 8.59. The summed E-state index contributed by atoms with van der Waals surface area (Å²) in [5, 5.41) is 10.5. The van der Waals surface area contributed by atoms with Crippen molar-refractivity contribution in [2.45, 2.75) is 4.90 Å². The SMILES string of the molecule is C=CCNS(=O)(=O)c1ccc(Cl)c([N+](=O)[O-])c1. The van der Waals surface area contributed by atoms with E-state index >= 15 is 0 Å². The first-order valence-electron chi connectivity index (χ1n) is 4.43. The van der Waals surface area contributed by atoms with Gasteiger partial charge in [0.25, 0.3) is 5.69 Å². The third-order valence-electron chi connectivity index (χ3n) is 1.84. The maximum absolute atomic E-state index is 11.7. The smallest absolute Gasteiger partial charge is 0.258 e. The van der Waals surface area contributed by atoms with Gasteiger partial charge in [0.1, 0.15) is 5.02 Å². The van der Waals surface area contributed by atoms with Crippen molar-refractivity contribution in [3.8, 4) is 0 Å². The highest BCUT2D eigenvalue weighted by molar-refractivity contribution is 7.89. The van der Waals surface area contributed by atoms with Crippen LogP contribution in [-0.4, -0.2) is 19.9 Å². The van der Waals surface area contributed by atoms with E-state index in [1.807, 2.05) is 0 Å². The zero-order chi connectivity index (χ0) is 13.1. The van der Waals surface area contributed by atoms with Gasteiger partial charge >= 0.3 is 0 Å². The van der Waals surface area contributed by atoms with Crippen molar-refractivity contribution in [3.05, 3.63) is 46.0 Å². The van der Waals surface area contributed by atoms with Crippen molar-refractivity contribution in [1.82, 2.24) is 4.72 Å². The van der Waals surface area contributed by atoms with E-state index in [2.05, 4.69) is 11.3 Å². The number of sulfonamides is 1. The lowest BCUT2D eigenvalue weighted by Crippen LogP contribution is -2.23. The Morgan fingerprint density at radius 1 is 1.53 bits per heavy atom. The maximum atomic E-state index is 11.7. The Morgan fingerprint density at radius 2 is 2.18 bits per heavy atom. The Balaban J connectivity index is 3.20. The molecule has 0 aliphatic heterocycles. The average Bonchev–Trinajstić information content (AvgIpc) is 2.26. The monoisotopic (exact) mass is 276 g/mol. The van der Waals surface area contributed by atoms with Gasteiger partial charge in [0.15, 0.2) is 0 Å². The molecule has 0 radical (unpaired) electrons. The standard InChI is InChI=1S/C9H9ClN2O4S/c1-2-5-11-17(15,16)7-3-4-8(10)9(6-7)12(13)14/h2-4,6,11H,1,5H2. The van der Waals surface area contributed by atoms with Gasteiger partial charge in [-0.05, 0) is 12.1 Å². The molecule has 1 N–H and O–H groups in total. The fraction of sp³-hybridized carbons (Fsp3) is 0.111.